The first-order valence-corrected chi connectivity index (χ1v) is 7.56. The van der Waals surface area contributed by atoms with Crippen LogP contribution in [0.3, 0.4) is 0 Å². The normalized spacial score (nSPS) is 17.5. The maximum atomic E-state index is 12.6. The number of hydrogen-bond donors (Lipinski definition) is 2. The van der Waals surface area contributed by atoms with Gasteiger partial charge in [0.25, 0.3) is 5.91 Å². The SMILES string of the molecule is Cc1cccc(C(=O)NC2(C(N)=S)CCCCC2)c1C. The van der Waals surface area contributed by atoms with Crippen LogP contribution < -0.4 is 11.1 Å². The topological polar surface area (TPSA) is 55.1 Å². The number of carbonyl (C=O) groups is 1. The zero-order valence-corrected chi connectivity index (χ0v) is 13.0. The Morgan fingerprint density at radius 1 is 1.25 bits per heavy atom. The van der Waals surface area contributed by atoms with Gasteiger partial charge in [-0.15, -0.1) is 0 Å². The first kappa shape index (κ1) is 15.0. The summed E-state index contributed by atoms with van der Waals surface area (Å²) in [6.45, 7) is 3.98. The molecule has 0 atom stereocenters. The molecule has 1 saturated carbocycles. The molecule has 3 N–H and O–H groups in total. The second kappa shape index (κ2) is 5.92. The molecule has 3 nitrogen and oxygen atoms in total. The minimum atomic E-state index is -0.499. The van der Waals surface area contributed by atoms with Crippen LogP contribution in [0.5, 0.6) is 0 Å². The molecule has 0 spiro atoms. The third-order valence-electron chi connectivity index (χ3n) is 4.38. The molecule has 1 amide bonds. The molecule has 1 fully saturated rings. The van der Waals surface area contributed by atoms with E-state index in [1.165, 1.54) is 6.42 Å². The standard InChI is InChI=1S/C16H22N2OS/c1-11-7-6-8-13(12(11)2)14(19)18-16(15(17)20)9-4-3-5-10-16/h6-8H,3-5,9-10H2,1-2H3,(H2,17,20)(H,18,19). The second-order valence-electron chi connectivity index (χ2n) is 5.71. The third kappa shape index (κ3) is 2.85. The molecule has 4 heteroatoms. The van der Waals surface area contributed by atoms with Gasteiger partial charge in [-0.3, -0.25) is 4.79 Å². The van der Waals surface area contributed by atoms with Crippen molar-refractivity contribution < 1.29 is 4.79 Å². The van der Waals surface area contributed by atoms with Crippen LogP contribution in [0.15, 0.2) is 18.2 Å². The number of thiocarbonyl (C=S) groups is 1. The summed E-state index contributed by atoms with van der Waals surface area (Å²) < 4.78 is 0. The number of nitrogens with two attached hydrogens (primary N) is 1. The molecular weight excluding hydrogens is 268 g/mol. The molecule has 1 aromatic rings. The van der Waals surface area contributed by atoms with Crippen molar-refractivity contribution in [3.8, 4) is 0 Å². The van der Waals surface area contributed by atoms with Crippen molar-refractivity contribution in [1.29, 1.82) is 0 Å². The zero-order chi connectivity index (χ0) is 14.8. The fourth-order valence-corrected chi connectivity index (χ4v) is 3.13. The summed E-state index contributed by atoms with van der Waals surface area (Å²) in [6.07, 6.45) is 5.00. The van der Waals surface area contributed by atoms with Crippen LogP contribution in [0.2, 0.25) is 0 Å². The van der Waals surface area contributed by atoms with Crippen LogP contribution >= 0.6 is 12.2 Å². The number of aryl methyl sites for hydroxylation is 1. The molecule has 108 valence electrons. The summed E-state index contributed by atoms with van der Waals surface area (Å²) in [5.74, 6) is -0.0686. The lowest BCUT2D eigenvalue weighted by molar-refractivity contribution is 0.0907. The van der Waals surface area contributed by atoms with Crippen molar-refractivity contribution in [3.05, 3.63) is 34.9 Å². The van der Waals surface area contributed by atoms with Crippen molar-refractivity contribution in [1.82, 2.24) is 5.32 Å². The Labute approximate surface area is 125 Å². The van der Waals surface area contributed by atoms with E-state index in [9.17, 15) is 4.79 Å². The van der Waals surface area contributed by atoms with Gasteiger partial charge >= 0.3 is 0 Å². The molecule has 2 rings (SSSR count). The van der Waals surface area contributed by atoms with E-state index in [0.29, 0.717) is 10.6 Å². The van der Waals surface area contributed by atoms with E-state index >= 15 is 0 Å². The molecular formula is C16H22N2OS. The second-order valence-corrected chi connectivity index (χ2v) is 6.15. The molecule has 0 aromatic heterocycles. The predicted molar refractivity (Wildman–Crippen MR) is 86.0 cm³/mol. The predicted octanol–water partition coefficient (Wildman–Crippen LogP) is 3.02. The van der Waals surface area contributed by atoms with Gasteiger partial charge < -0.3 is 11.1 Å². The molecule has 1 aromatic carbocycles. The van der Waals surface area contributed by atoms with Crippen molar-refractivity contribution in [2.24, 2.45) is 5.73 Å². The number of rotatable bonds is 3. The quantitative estimate of drug-likeness (QED) is 0.841. The van der Waals surface area contributed by atoms with Crippen molar-refractivity contribution in [2.75, 3.05) is 0 Å². The average Bonchev–Trinajstić information content (AvgIpc) is 2.42. The van der Waals surface area contributed by atoms with Crippen LogP contribution in [-0.2, 0) is 0 Å². The van der Waals surface area contributed by atoms with E-state index in [2.05, 4.69) is 5.32 Å². The van der Waals surface area contributed by atoms with E-state index in [1.54, 1.807) is 0 Å². The van der Waals surface area contributed by atoms with Gasteiger partial charge in [0, 0.05) is 5.56 Å². The summed E-state index contributed by atoms with van der Waals surface area (Å²) in [4.78, 5) is 13.0. The molecule has 0 heterocycles. The lowest BCUT2D eigenvalue weighted by atomic mass is 9.81. The fourth-order valence-electron chi connectivity index (χ4n) is 2.87. The minimum Gasteiger partial charge on any atom is -0.391 e. The Morgan fingerprint density at radius 3 is 2.50 bits per heavy atom. The van der Waals surface area contributed by atoms with Gasteiger partial charge in [0.1, 0.15) is 0 Å². The van der Waals surface area contributed by atoms with Gasteiger partial charge in [0.2, 0.25) is 0 Å². The van der Waals surface area contributed by atoms with Gasteiger partial charge in [-0.2, -0.15) is 0 Å². The van der Waals surface area contributed by atoms with E-state index in [1.807, 2.05) is 32.0 Å². The molecule has 0 radical (unpaired) electrons. The van der Waals surface area contributed by atoms with Crippen LogP contribution in [-0.4, -0.2) is 16.4 Å². The number of amides is 1. The first-order chi connectivity index (χ1) is 9.46. The highest BCUT2D eigenvalue weighted by Gasteiger charge is 2.36. The summed E-state index contributed by atoms with van der Waals surface area (Å²) in [5, 5.41) is 3.11. The number of nitrogens with one attached hydrogen (secondary N) is 1. The van der Waals surface area contributed by atoms with Crippen molar-refractivity contribution in [2.45, 2.75) is 51.5 Å². The first-order valence-electron chi connectivity index (χ1n) is 7.15. The number of hydrogen-bond acceptors (Lipinski definition) is 2. The summed E-state index contributed by atoms with van der Waals surface area (Å²) >= 11 is 5.22. The third-order valence-corrected chi connectivity index (χ3v) is 4.77. The average molecular weight is 290 g/mol. The molecule has 1 aliphatic carbocycles. The lowest BCUT2D eigenvalue weighted by Gasteiger charge is -2.37. The lowest BCUT2D eigenvalue weighted by Crippen LogP contribution is -2.57. The Hall–Kier alpha value is -1.42. The molecule has 0 aliphatic heterocycles. The van der Waals surface area contributed by atoms with Crippen molar-refractivity contribution in [3.63, 3.8) is 0 Å². The van der Waals surface area contributed by atoms with E-state index < -0.39 is 5.54 Å². The van der Waals surface area contributed by atoms with Gasteiger partial charge in [-0.05, 0) is 43.9 Å². The monoisotopic (exact) mass is 290 g/mol. The Kier molecular flexibility index (Phi) is 4.43. The highest BCUT2D eigenvalue weighted by Crippen LogP contribution is 2.29. The zero-order valence-electron chi connectivity index (χ0n) is 12.2. The van der Waals surface area contributed by atoms with Crippen LogP contribution in [0.25, 0.3) is 0 Å². The van der Waals surface area contributed by atoms with Crippen molar-refractivity contribution >= 4 is 23.1 Å². The van der Waals surface area contributed by atoms with Gasteiger partial charge in [0.15, 0.2) is 0 Å². The van der Waals surface area contributed by atoms with E-state index in [-0.39, 0.29) is 5.91 Å². The maximum Gasteiger partial charge on any atom is 0.252 e. The van der Waals surface area contributed by atoms with Crippen LogP contribution in [0, 0.1) is 13.8 Å². The maximum absolute atomic E-state index is 12.6. The summed E-state index contributed by atoms with van der Waals surface area (Å²) in [7, 11) is 0. The smallest absolute Gasteiger partial charge is 0.252 e. The van der Waals surface area contributed by atoms with Gasteiger partial charge in [0.05, 0.1) is 10.5 Å². The molecule has 20 heavy (non-hydrogen) atoms. The largest absolute Gasteiger partial charge is 0.391 e. The van der Waals surface area contributed by atoms with E-state index in [4.69, 9.17) is 18.0 Å². The van der Waals surface area contributed by atoms with E-state index in [0.717, 1.165) is 36.8 Å². The van der Waals surface area contributed by atoms with Crippen LogP contribution in [0.4, 0.5) is 0 Å². The molecule has 0 saturated heterocycles. The minimum absolute atomic E-state index is 0.0686. The molecule has 0 unspecified atom stereocenters. The fraction of sp³-hybridized carbons (Fsp3) is 0.500. The number of carbonyl (C=O) groups excluding carboxylic acids is 1. The summed E-state index contributed by atoms with van der Waals surface area (Å²) in [5.41, 5.74) is 8.26. The Morgan fingerprint density at radius 2 is 1.90 bits per heavy atom. The Bertz CT molecular complexity index is 533. The highest BCUT2D eigenvalue weighted by molar-refractivity contribution is 7.80. The summed E-state index contributed by atoms with van der Waals surface area (Å²) in [6, 6.07) is 5.77. The van der Waals surface area contributed by atoms with Gasteiger partial charge in [-0.25, -0.2) is 0 Å². The number of benzene rings is 1. The highest BCUT2D eigenvalue weighted by atomic mass is 32.1. The molecule has 0 bridgehead atoms. The van der Waals surface area contributed by atoms with Crippen LogP contribution in [0.1, 0.15) is 53.6 Å². The Balaban J connectivity index is 2.25. The molecule has 1 aliphatic rings. The van der Waals surface area contributed by atoms with Gasteiger partial charge in [-0.1, -0.05) is 43.6 Å².